The number of carbonyl (C=O) groups is 1. The van der Waals surface area contributed by atoms with Gasteiger partial charge in [-0.2, -0.15) is 5.10 Å². The second-order valence-electron chi connectivity index (χ2n) is 4.90. The van der Waals surface area contributed by atoms with Gasteiger partial charge in [-0.1, -0.05) is 0 Å². The van der Waals surface area contributed by atoms with Gasteiger partial charge in [-0.3, -0.25) is 4.79 Å². The maximum Gasteiger partial charge on any atom is 0.360 e. The second kappa shape index (κ2) is 6.43. The number of aryl methyl sites for hydroxylation is 1. The first-order valence-corrected chi connectivity index (χ1v) is 7.17. The summed E-state index contributed by atoms with van der Waals surface area (Å²) in [6.45, 7) is 7.72. The van der Waals surface area contributed by atoms with Crippen LogP contribution >= 0.6 is 0 Å². The van der Waals surface area contributed by atoms with Crippen LogP contribution in [0.4, 0.5) is 5.69 Å². The van der Waals surface area contributed by atoms with Gasteiger partial charge in [-0.25, -0.2) is 9.48 Å². The standard InChI is InChI=1S/C16H19N3O3/c1-4-18(5-2)12-6-8-13(9-7-12)19-11(3)10-14(20)15(17-19)16(21)22/h6-10H,4-5H2,1-3H3,(H,21,22). The van der Waals surface area contributed by atoms with Crippen LogP contribution in [0.1, 0.15) is 30.0 Å². The summed E-state index contributed by atoms with van der Waals surface area (Å²) in [7, 11) is 0. The summed E-state index contributed by atoms with van der Waals surface area (Å²) < 4.78 is 1.47. The van der Waals surface area contributed by atoms with E-state index in [1.807, 2.05) is 24.3 Å². The van der Waals surface area contributed by atoms with Crippen molar-refractivity contribution < 1.29 is 9.90 Å². The molecule has 0 fully saturated rings. The van der Waals surface area contributed by atoms with E-state index in [0.29, 0.717) is 5.69 Å². The van der Waals surface area contributed by atoms with Crippen molar-refractivity contribution in [2.75, 3.05) is 18.0 Å². The average Bonchev–Trinajstić information content (AvgIpc) is 2.49. The molecule has 0 aliphatic rings. The van der Waals surface area contributed by atoms with Gasteiger partial charge in [0.05, 0.1) is 5.69 Å². The highest BCUT2D eigenvalue weighted by molar-refractivity contribution is 5.84. The van der Waals surface area contributed by atoms with Gasteiger partial charge in [0.15, 0.2) is 0 Å². The molecule has 116 valence electrons. The third-order valence-corrected chi connectivity index (χ3v) is 3.53. The summed E-state index contributed by atoms with van der Waals surface area (Å²) in [5, 5.41) is 13.0. The van der Waals surface area contributed by atoms with Crippen LogP contribution in [-0.4, -0.2) is 33.9 Å². The van der Waals surface area contributed by atoms with Crippen molar-refractivity contribution in [3.8, 4) is 5.69 Å². The van der Waals surface area contributed by atoms with E-state index >= 15 is 0 Å². The molecule has 2 aromatic rings. The summed E-state index contributed by atoms with van der Waals surface area (Å²) in [5.74, 6) is -1.32. The molecule has 1 aromatic carbocycles. The van der Waals surface area contributed by atoms with Crippen molar-refractivity contribution >= 4 is 11.7 Å². The van der Waals surface area contributed by atoms with E-state index in [1.54, 1.807) is 6.92 Å². The predicted octanol–water partition coefficient (Wildman–Crippen LogP) is 2.09. The van der Waals surface area contributed by atoms with Gasteiger partial charge >= 0.3 is 5.97 Å². The number of hydrogen-bond acceptors (Lipinski definition) is 4. The zero-order chi connectivity index (χ0) is 16.3. The Kier molecular flexibility index (Phi) is 4.60. The molecule has 0 saturated carbocycles. The number of nitrogens with zero attached hydrogens (tertiary/aromatic N) is 3. The summed E-state index contributed by atoms with van der Waals surface area (Å²) in [5.41, 5.74) is 1.34. The Morgan fingerprint density at radius 3 is 2.32 bits per heavy atom. The SMILES string of the molecule is CCN(CC)c1ccc(-n2nc(C(=O)O)c(=O)cc2C)cc1. The van der Waals surface area contributed by atoms with E-state index in [9.17, 15) is 9.59 Å². The average molecular weight is 301 g/mol. The molecule has 1 aromatic heterocycles. The summed E-state index contributed by atoms with van der Waals surface area (Å²) >= 11 is 0. The number of benzene rings is 1. The van der Waals surface area contributed by atoms with Crippen LogP contribution in [0.5, 0.6) is 0 Å². The minimum absolute atomic E-state index is 0.474. The molecule has 0 atom stereocenters. The number of anilines is 1. The van der Waals surface area contributed by atoms with Crippen LogP contribution in [0.15, 0.2) is 35.1 Å². The highest BCUT2D eigenvalue weighted by atomic mass is 16.4. The molecule has 0 spiro atoms. The van der Waals surface area contributed by atoms with Crippen molar-refractivity contribution in [3.63, 3.8) is 0 Å². The van der Waals surface area contributed by atoms with Crippen LogP contribution in [0.3, 0.4) is 0 Å². The zero-order valence-electron chi connectivity index (χ0n) is 12.9. The number of hydrogen-bond donors (Lipinski definition) is 1. The molecule has 0 bridgehead atoms. The zero-order valence-corrected chi connectivity index (χ0v) is 12.9. The Bertz CT molecular complexity index is 731. The molecule has 1 heterocycles. The van der Waals surface area contributed by atoms with Gasteiger partial charge in [0.1, 0.15) is 0 Å². The lowest BCUT2D eigenvalue weighted by Gasteiger charge is -2.21. The largest absolute Gasteiger partial charge is 0.476 e. The topological polar surface area (TPSA) is 75.4 Å². The van der Waals surface area contributed by atoms with Crippen molar-refractivity contribution in [2.45, 2.75) is 20.8 Å². The fourth-order valence-electron chi connectivity index (χ4n) is 2.35. The monoisotopic (exact) mass is 301 g/mol. The third kappa shape index (κ3) is 3.00. The van der Waals surface area contributed by atoms with Crippen LogP contribution < -0.4 is 10.3 Å². The number of aromatic carboxylic acids is 1. The number of carboxylic acid groups (broad SMARTS) is 1. The summed E-state index contributed by atoms with van der Waals surface area (Å²) in [6.07, 6.45) is 0. The Morgan fingerprint density at radius 2 is 1.82 bits per heavy atom. The molecule has 0 radical (unpaired) electrons. The van der Waals surface area contributed by atoms with Crippen molar-refractivity contribution in [2.24, 2.45) is 0 Å². The molecule has 0 unspecified atom stereocenters. The summed E-state index contributed by atoms with van der Waals surface area (Å²) in [6, 6.07) is 8.94. The van der Waals surface area contributed by atoms with Crippen LogP contribution in [0.2, 0.25) is 0 Å². The molecular weight excluding hydrogens is 282 g/mol. The number of carboxylic acids is 1. The lowest BCUT2D eigenvalue weighted by Crippen LogP contribution is -2.23. The lowest BCUT2D eigenvalue weighted by molar-refractivity contribution is 0.0686. The van der Waals surface area contributed by atoms with E-state index in [1.165, 1.54) is 10.7 Å². The Morgan fingerprint density at radius 1 is 1.23 bits per heavy atom. The summed E-state index contributed by atoms with van der Waals surface area (Å²) in [4.78, 5) is 24.9. The van der Waals surface area contributed by atoms with Crippen LogP contribution in [0, 0.1) is 6.92 Å². The minimum atomic E-state index is -1.32. The fraction of sp³-hybridized carbons (Fsp3) is 0.312. The molecule has 0 amide bonds. The molecular formula is C16H19N3O3. The van der Waals surface area contributed by atoms with Crippen LogP contribution in [0.25, 0.3) is 5.69 Å². The molecule has 2 rings (SSSR count). The van der Waals surface area contributed by atoms with E-state index in [0.717, 1.165) is 24.5 Å². The Hall–Kier alpha value is -2.63. The Labute approximate surface area is 128 Å². The highest BCUT2D eigenvalue weighted by Crippen LogP contribution is 2.17. The molecule has 0 aliphatic heterocycles. The van der Waals surface area contributed by atoms with E-state index in [2.05, 4.69) is 23.8 Å². The highest BCUT2D eigenvalue weighted by Gasteiger charge is 2.13. The Balaban J connectivity index is 2.46. The van der Waals surface area contributed by atoms with Gasteiger partial charge in [-0.15, -0.1) is 0 Å². The normalized spacial score (nSPS) is 10.5. The maximum absolute atomic E-state index is 11.6. The van der Waals surface area contributed by atoms with Crippen molar-refractivity contribution in [3.05, 3.63) is 51.9 Å². The quantitative estimate of drug-likeness (QED) is 0.915. The minimum Gasteiger partial charge on any atom is -0.476 e. The van der Waals surface area contributed by atoms with Crippen molar-refractivity contribution in [1.29, 1.82) is 0 Å². The molecule has 0 aliphatic carbocycles. The molecule has 6 heteroatoms. The molecule has 1 N–H and O–H groups in total. The van der Waals surface area contributed by atoms with Gasteiger partial charge in [0, 0.05) is 30.5 Å². The van der Waals surface area contributed by atoms with Gasteiger partial charge < -0.3 is 10.0 Å². The number of aromatic nitrogens is 2. The van der Waals surface area contributed by atoms with E-state index in [4.69, 9.17) is 5.11 Å². The first kappa shape index (κ1) is 15.8. The molecule has 0 saturated heterocycles. The van der Waals surface area contributed by atoms with E-state index in [-0.39, 0.29) is 0 Å². The number of rotatable bonds is 5. The van der Waals surface area contributed by atoms with Gasteiger partial charge in [0.2, 0.25) is 11.1 Å². The van der Waals surface area contributed by atoms with Crippen molar-refractivity contribution in [1.82, 2.24) is 9.78 Å². The van der Waals surface area contributed by atoms with Gasteiger partial charge in [0.25, 0.3) is 0 Å². The smallest absolute Gasteiger partial charge is 0.360 e. The fourth-order valence-corrected chi connectivity index (χ4v) is 2.35. The second-order valence-corrected chi connectivity index (χ2v) is 4.90. The van der Waals surface area contributed by atoms with Crippen LogP contribution in [-0.2, 0) is 0 Å². The first-order valence-electron chi connectivity index (χ1n) is 7.17. The molecule has 6 nitrogen and oxygen atoms in total. The predicted molar refractivity (Wildman–Crippen MR) is 85.1 cm³/mol. The van der Waals surface area contributed by atoms with Gasteiger partial charge in [-0.05, 0) is 45.0 Å². The van der Waals surface area contributed by atoms with E-state index < -0.39 is 17.1 Å². The third-order valence-electron chi connectivity index (χ3n) is 3.53. The maximum atomic E-state index is 11.6. The first-order chi connectivity index (χ1) is 10.5. The molecule has 22 heavy (non-hydrogen) atoms. The lowest BCUT2D eigenvalue weighted by atomic mass is 10.2.